The zero-order valence-electron chi connectivity index (χ0n) is 11.0. The number of amides is 1. The summed E-state index contributed by atoms with van der Waals surface area (Å²) in [7, 11) is 0. The molecule has 3 atom stereocenters. The number of carboxylic acids is 1. The summed E-state index contributed by atoms with van der Waals surface area (Å²) < 4.78 is 5.25. The van der Waals surface area contributed by atoms with Crippen LogP contribution in [0.15, 0.2) is 0 Å². The van der Waals surface area contributed by atoms with Crippen LogP contribution in [0.1, 0.15) is 6.92 Å². The van der Waals surface area contributed by atoms with Gasteiger partial charge in [0, 0.05) is 24.6 Å². The fourth-order valence-corrected chi connectivity index (χ4v) is 3.49. The van der Waals surface area contributed by atoms with E-state index in [4.69, 9.17) is 4.74 Å². The Bertz CT molecular complexity index is 347. The number of carbonyl (C=O) groups excluding carboxylic acids is 1. The highest BCUT2D eigenvalue weighted by molar-refractivity contribution is 7.99. The second-order valence-electron chi connectivity index (χ2n) is 4.76. The molecule has 0 bridgehead atoms. The van der Waals surface area contributed by atoms with Crippen molar-refractivity contribution in [2.24, 2.45) is 5.92 Å². The summed E-state index contributed by atoms with van der Waals surface area (Å²) in [6.07, 6.45) is 0. The van der Waals surface area contributed by atoms with E-state index >= 15 is 0 Å². The first-order valence-corrected chi connectivity index (χ1v) is 7.72. The number of rotatable bonds is 4. The third-order valence-corrected chi connectivity index (χ3v) is 4.67. The van der Waals surface area contributed by atoms with Gasteiger partial charge in [-0.15, -0.1) is 0 Å². The van der Waals surface area contributed by atoms with Crippen molar-refractivity contribution < 1.29 is 19.4 Å². The minimum absolute atomic E-state index is 0.00329. The molecule has 1 amide bonds. The maximum Gasteiger partial charge on any atom is 0.311 e. The van der Waals surface area contributed by atoms with E-state index in [9.17, 15) is 14.7 Å². The van der Waals surface area contributed by atoms with Gasteiger partial charge in [0.25, 0.3) is 0 Å². The van der Waals surface area contributed by atoms with Gasteiger partial charge in [-0.05, 0) is 6.92 Å². The second kappa shape index (κ2) is 6.58. The standard InChI is InChI=1S/C12H20N2O4S/c1-2-14(10-6-18-5-8(10)12(16)17)11(15)9-7-19-4-3-13-9/h8-10,13H,2-7H2,1H3,(H,16,17). The van der Waals surface area contributed by atoms with Crippen LogP contribution in [0.25, 0.3) is 0 Å². The number of likely N-dealkylation sites (N-methyl/N-ethyl adjacent to an activating group) is 1. The number of ether oxygens (including phenoxy) is 1. The van der Waals surface area contributed by atoms with Gasteiger partial charge in [0.05, 0.1) is 25.3 Å². The van der Waals surface area contributed by atoms with Crippen LogP contribution in [-0.2, 0) is 14.3 Å². The Balaban J connectivity index is 2.05. The van der Waals surface area contributed by atoms with Gasteiger partial charge in [-0.25, -0.2) is 0 Å². The number of hydrogen-bond donors (Lipinski definition) is 2. The van der Waals surface area contributed by atoms with Crippen LogP contribution in [0.3, 0.4) is 0 Å². The number of nitrogens with zero attached hydrogens (tertiary/aromatic N) is 1. The molecular formula is C12H20N2O4S. The molecule has 0 spiro atoms. The lowest BCUT2D eigenvalue weighted by atomic mass is 10.0. The van der Waals surface area contributed by atoms with Crippen molar-refractivity contribution in [1.82, 2.24) is 10.2 Å². The van der Waals surface area contributed by atoms with Crippen LogP contribution in [0, 0.1) is 5.92 Å². The first-order chi connectivity index (χ1) is 9.15. The molecule has 0 aliphatic carbocycles. The highest BCUT2D eigenvalue weighted by atomic mass is 32.2. The van der Waals surface area contributed by atoms with Crippen molar-refractivity contribution >= 4 is 23.6 Å². The summed E-state index contributed by atoms with van der Waals surface area (Å²) in [4.78, 5) is 25.3. The van der Waals surface area contributed by atoms with E-state index in [2.05, 4.69) is 5.32 Å². The largest absolute Gasteiger partial charge is 0.481 e. The van der Waals surface area contributed by atoms with Crippen LogP contribution in [0.4, 0.5) is 0 Å². The summed E-state index contributed by atoms with van der Waals surface area (Å²) in [6, 6.07) is -0.544. The normalized spacial score (nSPS) is 31.1. The summed E-state index contributed by atoms with van der Waals surface area (Å²) in [5.74, 6) is 0.261. The predicted octanol–water partition coefficient (Wildman–Crippen LogP) is -0.360. The molecule has 0 aromatic carbocycles. The van der Waals surface area contributed by atoms with Crippen molar-refractivity contribution in [3.8, 4) is 0 Å². The first-order valence-electron chi connectivity index (χ1n) is 6.57. The van der Waals surface area contributed by atoms with Gasteiger partial charge in [0.2, 0.25) is 5.91 Å². The maximum absolute atomic E-state index is 12.5. The minimum Gasteiger partial charge on any atom is -0.481 e. The van der Waals surface area contributed by atoms with Crippen molar-refractivity contribution in [3.63, 3.8) is 0 Å². The number of thioether (sulfide) groups is 1. The van der Waals surface area contributed by atoms with E-state index < -0.39 is 11.9 Å². The lowest BCUT2D eigenvalue weighted by Crippen LogP contribution is -2.55. The summed E-state index contributed by atoms with van der Waals surface area (Å²) in [5.41, 5.74) is 0. The van der Waals surface area contributed by atoms with E-state index in [-0.39, 0.29) is 24.6 Å². The smallest absolute Gasteiger partial charge is 0.311 e. The zero-order valence-corrected chi connectivity index (χ0v) is 11.8. The third kappa shape index (κ3) is 3.21. The molecule has 2 fully saturated rings. The molecule has 0 aromatic heterocycles. The van der Waals surface area contributed by atoms with Gasteiger partial charge in [-0.3, -0.25) is 9.59 Å². The Kier molecular flexibility index (Phi) is 5.06. The number of nitrogens with one attached hydrogen (secondary N) is 1. The van der Waals surface area contributed by atoms with E-state index in [1.54, 1.807) is 16.7 Å². The van der Waals surface area contributed by atoms with Gasteiger partial charge in [0.15, 0.2) is 0 Å². The summed E-state index contributed by atoms with van der Waals surface area (Å²) >= 11 is 1.75. The molecule has 0 saturated carbocycles. The molecule has 2 rings (SSSR count). The van der Waals surface area contributed by atoms with Gasteiger partial charge < -0.3 is 20.1 Å². The highest BCUT2D eigenvalue weighted by Gasteiger charge is 2.41. The lowest BCUT2D eigenvalue weighted by molar-refractivity contribution is -0.145. The molecule has 2 heterocycles. The topological polar surface area (TPSA) is 78.9 Å². The number of carboxylic acid groups (broad SMARTS) is 1. The van der Waals surface area contributed by atoms with Crippen LogP contribution >= 0.6 is 11.8 Å². The van der Waals surface area contributed by atoms with Gasteiger partial charge in [-0.2, -0.15) is 11.8 Å². The van der Waals surface area contributed by atoms with Crippen LogP contribution in [0.2, 0.25) is 0 Å². The minimum atomic E-state index is -0.889. The van der Waals surface area contributed by atoms with E-state index in [0.29, 0.717) is 13.2 Å². The second-order valence-corrected chi connectivity index (χ2v) is 5.91. The van der Waals surface area contributed by atoms with Gasteiger partial charge in [0.1, 0.15) is 5.92 Å². The van der Waals surface area contributed by atoms with Crippen molar-refractivity contribution in [3.05, 3.63) is 0 Å². The molecule has 19 heavy (non-hydrogen) atoms. The van der Waals surface area contributed by atoms with Gasteiger partial charge in [-0.1, -0.05) is 0 Å². The van der Waals surface area contributed by atoms with Crippen molar-refractivity contribution in [2.75, 3.05) is 37.8 Å². The molecule has 108 valence electrons. The Morgan fingerprint density at radius 3 is 2.84 bits per heavy atom. The van der Waals surface area contributed by atoms with Crippen LogP contribution in [0.5, 0.6) is 0 Å². The SMILES string of the molecule is CCN(C(=O)C1CSCCN1)C1COCC1C(=O)O. The fourth-order valence-electron chi connectivity index (χ4n) is 2.56. The molecule has 3 unspecified atom stereocenters. The molecule has 6 nitrogen and oxygen atoms in total. The molecule has 2 N–H and O–H groups in total. The number of aliphatic carboxylic acids is 1. The van der Waals surface area contributed by atoms with E-state index in [1.165, 1.54) is 0 Å². The monoisotopic (exact) mass is 288 g/mol. The number of hydrogen-bond acceptors (Lipinski definition) is 5. The molecular weight excluding hydrogens is 268 g/mol. The Morgan fingerprint density at radius 2 is 2.26 bits per heavy atom. The Hall–Kier alpha value is -0.790. The fraction of sp³-hybridized carbons (Fsp3) is 0.833. The summed E-state index contributed by atoms with van der Waals surface area (Å²) in [6.45, 7) is 3.72. The molecule has 2 aliphatic rings. The van der Waals surface area contributed by atoms with E-state index in [1.807, 2.05) is 6.92 Å². The van der Waals surface area contributed by atoms with Gasteiger partial charge >= 0.3 is 5.97 Å². The average molecular weight is 288 g/mol. The Labute approximate surface area is 116 Å². The molecule has 0 radical (unpaired) electrons. The predicted molar refractivity (Wildman–Crippen MR) is 72.2 cm³/mol. The van der Waals surface area contributed by atoms with E-state index in [0.717, 1.165) is 18.1 Å². The first kappa shape index (κ1) is 14.6. The molecule has 7 heteroatoms. The molecule has 2 saturated heterocycles. The maximum atomic E-state index is 12.5. The lowest BCUT2D eigenvalue weighted by Gasteiger charge is -2.34. The number of carbonyl (C=O) groups is 2. The van der Waals surface area contributed by atoms with Crippen molar-refractivity contribution in [2.45, 2.75) is 19.0 Å². The zero-order chi connectivity index (χ0) is 13.8. The highest BCUT2D eigenvalue weighted by Crippen LogP contribution is 2.22. The van der Waals surface area contributed by atoms with Crippen molar-refractivity contribution in [1.29, 1.82) is 0 Å². The molecule has 2 aliphatic heterocycles. The van der Waals surface area contributed by atoms with Crippen LogP contribution in [-0.4, -0.2) is 71.8 Å². The molecule has 0 aromatic rings. The van der Waals surface area contributed by atoms with Crippen LogP contribution < -0.4 is 5.32 Å². The summed E-state index contributed by atoms with van der Waals surface area (Å²) in [5, 5.41) is 12.4. The average Bonchev–Trinajstić information content (AvgIpc) is 2.90. The Morgan fingerprint density at radius 1 is 1.47 bits per heavy atom. The third-order valence-electron chi connectivity index (χ3n) is 3.61. The quantitative estimate of drug-likeness (QED) is 0.735.